The van der Waals surface area contributed by atoms with Gasteiger partial charge in [-0.3, -0.25) is 0 Å². The maximum absolute atomic E-state index is 5.92. The average Bonchev–Trinajstić information content (AvgIpc) is 2.82. The molecule has 2 aliphatic heterocycles. The summed E-state index contributed by atoms with van der Waals surface area (Å²) in [7, 11) is 0. The predicted molar refractivity (Wildman–Crippen MR) is 61.7 cm³/mol. The molecule has 0 aliphatic carbocycles. The fourth-order valence-corrected chi connectivity index (χ4v) is 2.44. The van der Waals surface area contributed by atoms with Crippen LogP contribution >= 0.6 is 11.6 Å². The third-order valence-corrected chi connectivity index (χ3v) is 3.33. The van der Waals surface area contributed by atoms with Crippen molar-refractivity contribution in [3.05, 3.63) is 28.8 Å². The van der Waals surface area contributed by atoms with E-state index in [1.165, 1.54) is 6.42 Å². The summed E-state index contributed by atoms with van der Waals surface area (Å²) in [6.45, 7) is 1.64. The number of hydrogen-bond acceptors (Lipinski definition) is 3. The summed E-state index contributed by atoms with van der Waals surface area (Å²) < 4.78 is 11.5. The van der Waals surface area contributed by atoms with Crippen LogP contribution in [0.5, 0.6) is 5.75 Å². The summed E-state index contributed by atoms with van der Waals surface area (Å²) >= 11 is 5.92. The molecule has 1 N–H and O–H groups in total. The summed E-state index contributed by atoms with van der Waals surface area (Å²) in [6.07, 6.45) is 2.16. The Morgan fingerprint density at radius 2 is 2.31 bits per heavy atom. The van der Waals surface area contributed by atoms with Crippen molar-refractivity contribution < 1.29 is 9.47 Å². The second-order valence-corrected chi connectivity index (χ2v) is 4.69. The predicted octanol–water partition coefficient (Wildman–Crippen LogP) is 2.33. The van der Waals surface area contributed by atoms with E-state index in [0.717, 1.165) is 29.3 Å². The molecule has 2 aliphatic rings. The van der Waals surface area contributed by atoms with Crippen molar-refractivity contribution in [1.82, 2.24) is 5.32 Å². The Morgan fingerprint density at radius 1 is 1.38 bits per heavy atom. The lowest BCUT2D eigenvalue weighted by Gasteiger charge is -2.30. The van der Waals surface area contributed by atoms with Gasteiger partial charge in [0.1, 0.15) is 5.75 Å². The molecule has 1 fully saturated rings. The monoisotopic (exact) mass is 239 g/mol. The molecule has 0 saturated carbocycles. The highest BCUT2D eigenvalue weighted by Crippen LogP contribution is 2.30. The molecule has 2 unspecified atom stereocenters. The lowest BCUT2D eigenvalue weighted by atomic mass is 10.1. The molecule has 0 amide bonds. The zero-order chi connectivity index (χ0) is 11.0. The first-order valence-electron chi connectivity index (χ1n) is 5.63. The summed E-state index contributed by atoms with van der Waals surface area (Å²) in [6, 6.07) is 5.99. The molecule has 3 nitrogen and oxygen atoms in total. The Labute approximate surface area is 99.7 Å². The van der Waals surface area contributed by atoms with Crippen molar-refractivity contribution in [2.75, 3.05) is 6.54 Å². The lowest BCUT2D eigenvalue weighted by molar-refractivity contribution is -0.123. The Hall–Kier alpha value is -0.770. The largest absolute Gasteiger partial charge is 0.463 e. The smallest absolute Gasteiger partial charge is 0.215 e. The molecule has 1 saturated heterocycles. The molecule has 2 heterocycles. The number of ether oxygens (including phenoxy) is 2. The Bertz CT molecular complexity index is 391. The van der Waals surface area contributed by atoms with Gasteiger partial charge in [0.2, 0.25) is 6.29 Å². The van der Waals surface area contributed by atoms with E-state index >= 15 is 0 Å². The second-order valence-electron chi connectivity index (χ2n) is 4.25. The number of fused-ring (bicyclic) bond motifs is 1. The van der Waals surface area contributed by atoms with Crippen LogP contribution in [0.1, 0.15) is 18.4 Å². The number of benzene rings is 1. The van der Waals surface area contributed by atoms with Crippen LogP contribution in [-0.4, -0.2) is 18.9 Å². The summed E-state index contributed by atoms with van der Waals surface area (Å²) in [4.78, 5) is 0. The standard InChI is InChI=1S/C12H14ClNO2/c13-9-3-4-11-8(6-9)7-15-12(16-11)10-2-1-5-14-10/h3-4,6,10,12,14H,1-2,5,7H2. The van der Waals surface area contributed by atoms with E-state index in [-0.39, 0.29) is 6.29 Å². The van der Waals surface area contributed by atoms with E-state index in [1.54, 1.807) is 0 Å². The highest BCUT2D eigenvalue weighted by molar-refractivity contribution is 6.30. The van der Waals surface area contributed by atoms with E-state index in [4.69, 9.17) is 21.1 Å². The van der Waals surface area contributed by atoms with Crippen LogP contribution in [-0.2, 0) is 11.3 Å². The van der Waals surface area contributed by atoms with E-state index in [2.05, 4.69) is 5.32 Å². The topological polar surface area (TPSA) is 30.5 Å². The molecule has 0 radical (unpaired) electrons. The fraction of sp³-hybridized carbons (Fsp3) is 0.500. The van der Waals surface area contributed by atoms with E-state index < -0.39 is 0 Å². The quantitative estimate of drug-likeness (QED) is 0.816. The van der Waals surface area contributed by atoms with Gasteiger partial charge in [0.05, 0.1) is 12.6 Å². The molecule has 86 valence electrons. The van der Waals surface area contributed by atoms with Gasteiger partial charge in [-0.15, -0.1) is 0 Å². The molecular formula is C12H14ClNO2. The number of rotatable bonds is 1. The molecule has 0 bridgehead atoms. The Kier molecular flexibility index (Phi) is 2.75. The van der Waals surface area contributed by atoms with Gasteiger partial charge in [-0.2, -0.15) is 0 Å². The molecule has 0 aromatic heterocycles. The van der Waals surface area contributed by atoms with Gasteiger partial charge in [-0.1, -0.05) is 11.6 Å². The Balaban J connectivity index is 1.78. The Morgan fingerprint density at radius 3 is 3.12 bits per heavy atom. The van der Waals surface area contributed by atoms with Gasteiger partial charge >= 0.3 is 0 Å². The van der Waals surface area contributed by atoms with E-state index in [1.807, 2.05) is 18.2 Å². The maximum Gasteiger partial charge on any atom is 0.215 e. The van der Waals surface area contributed by atoms with Crippen molar-refractivity contribution in [3.8, 4) is 5.75 Å². The first-order valence-corrected chi connectivity index (χ1v) is 6.01. The van der Waals surface area contributed by atoms with Crippen LogP contribution < -0.4 is 10.1 Å². The molecule has 16 heavy (non-hydrogen) atoms. The zero-order valence-corrected chi connectivity index (χ0v) is 9.67. The first kappa shape index (κ1) is 10.4. The molecule has 4 heteroatoms. The van der Waals surface area contributed by atoms with Crippen molar-refractivity contribution in [2.45, 2.75) is 31.8 Å². The number of halogens is 1. The molecule has 3 rings (SSSR count). The minimum absolute atomic E-state index is 0.156. The van der Waals surface area contributed by atoms with Crippen molar-refractivity contribution >= 4 is 11.6 Å². The van der Waals surface area contributed by atoms with Gasteiger partial charge in [0.25, 0.3) is 0 Å². The van der Waals surface area contributed by atoms with Crippen molar-refractivity contribution in [1.29, 1.82) is 0 Å². The van der Waals surface area contributed by atoms with Crippen molar-refractivity contribution in [2.24, 2.45) is 0 Å². The van der Waals surface area contributed by atoms with Gasteiger partial charge < -0.3 is 14.8 Å². The summed E-state index contributed by atoms with van der Waals surface area (Å²) in [5.74, 6) is 0.898. The third kappa shape index (κ3) is 1.90. The van der Waals surface area contributed by atoms with Crippen LogP contribution in [0.15, 0.2) is 18.2 Å². The van der Waals surface area contributed by atoms with Crippen LogP contribution in [0.4, 0.5) is 0 Å². The van der Waals surface area contributed by atoms with Crippen LogP contribution in [0.2, 0.25) is 5.02 Å². The van der Waals surface area contributed by atoms with Crippen LogP contribution in [0.25, 0.3) is 0 Å². The number of nitrogens with one attached hydrogen (secondary N) is 1. The minimum atomic E-state index is -0.156. The third-order valence-electron chi connectivity index (χ3n) is 3.10. The van der Waals surface area contributed by atoms with Crippen LogP contribution in [0, 0.1) is 0 Å². The maximum atomic E-state index is 5.92. The molecule has 1 aromatic rings. The highest BCUT2D eigenvalue weighted by atomic mass is 35.5. The molecule has 2 atom stereocenters. The van der Waals surface area contributed by atoms with Gasteiger partial charge in [-0.05, 0) is 37.6 Å². The SMILES string of the molecule is Clc1ccc2c(c1)COC(C1CCCN1)O2. The fourth-order valence-electron chi connectivity index (χ4n) is 2.25. The van der Waals surface area contributed by atoms with Gasteiger partial charge in [0, 0.05) is 10.6 Å². The molecular weight excluding hydrogens is 226 g/mol. The van der Waals surface area contributed by atoms with Gasteiger partial charge in [0.15, 0.2) is 0 Å². The summed E-state index contributed by atoms with van der Waals surface area (Å²) in [5.41, 5.74) is 1.03. The number of hydrogen-bond donors (Lipinski definition) is 1. The molecule has 0 spiro atoms. The lowest BCUT2D eigenvalue weighted by Crippen LogP contribution is -2.42. The normalized spacial score (nSPS) is 28.6. The summed E-state index contributed by atoms with van der Waals surface area (Å²) in [5, 5.41) is 4.12. The first-order chi connectivity index (χ1) is 7.83. The van der Waals surface area contributed by atoms with Gasteiger partial charge in [-0.25, -0.2) is 0 Å². The minimum Gasteiger partial charge on any atom is -0.463 e. The molecule has 1 aromatic carbocycles. The average molecular weight is 240 g/mol. The van der Waals surface area contributed by atoms with E-state index in [0.29, 0.717) is 12.6 Å². The second kappa shape index (κ2) is 4.24. The highest BCUT2D eigenvalue weighted by Gasteiger charge is 2.30. The van der Waals surface area contributed by atoms with Crippen molar-refractivity contribution in [3.63, 3.8) is 0 Å². The zero-order valence-electron chi connectivity index (χ0n) is 8.91. The van der Waals surface area contributed by atoms with Crippen LogP contribution in [0.3, 0.4) is 0 Å². The van der Waals surface area contributed by atoms with E-state index in [9.17, 15) is 0 Å².